The molecule has 2 aromatic carbocycles. The number of ether oxygens (including phenoxy) is 1. The molecular formula is C24H28N4O2. The normalized spacial score (nSPS) is 13.9. The summed E-state index contributed by atoms with van der Waals surface area (Å²) in [5, 5.41) is 0. The highest BCUT2D eigenvalue weighted by Crippen LogP contribution is 2.28. The summed E-state index contributed by atoms with van der Waals surface area (Å²) in [7, 11) is 1.67. The molecule has 0 bridgehead atoms. The number of aryl methyl sites for hydroxylation is 2. The SMILES string of the molecule is CCc1ccc(N2CN(Cc3ccc(OC)cc3)Cn3c2nc(C)c(C)c3=O)cc1. The van der Waals surface area contributed by atoms with Gasteiger partial charge in [-0.3, -0.25) is 19.2 Å². The summed E-state index contributed by atoms with van der Waals surface area (Å²) in [5.41, 5.74) is 5.00. The van der Waals surface area contributed by atoms with Crippen LogP contribution < -0.4 is 15.2 Å². The first-order chi connectivity index (χ1) is 14.5. The Kier molecular flexibility index (Phi) is 5.59. The Hall–Kier alpha value is -3.12. The molecule has 6 nitrogen and oxygen atoms in total. The number of hydrogen-bond donors (Lipinski definition) is 0. The van der Waals surface area contributed by atoms with E-state index in [1.807, 2.05) is 26.0 Å². The fourth-order valence-corrected chi connectivity index (χ4v) is 3.78. The Morgan fingerprint density at radius 2 is 1.63 bits per heavy atom. The fourth-order valence-electron chi connectivity index (χ4n) is 3.78. The van der Waals surface area contributed by atoms with Crippen molar-refractivity contribution in [3.05, 3.63) is 81.3 Å². The van der Waals surface area contributed by atoms with Crippen LogP contribution in [0, 0.1) is 13.8 Å². The standard InChI is InChI=1S/C24H28N4O2/c1-5-19-6-10-21(11-7-19)27-15-26(14-20-8-12-22(30-4)13-9-20)16-28-23(29)17(2)18(3)25-24(27)28/h6-13H,5,14-16H2,1-4H3. The van der Waals surface area contributed by atoms with Crippen LogP contribution in [0.4, 0.5) is 11.6 Å². The summed E-state index contributed by atoms with van der Waals surface area (Å²) < 4.78 is 7.04. The van der Waals surface area contributed by atoms with Crippen LogP contribution in [-0.2, 0) is 19.6 Å². The lowest BCUT2D eigenvalue weighted by Crippen LogP contribution is -2.47. The van der Waals surface area contributed by atoms with E-state index in [2.05, 4.69) is 53.1 Å². The number of methoxy groups -OCH3 is 1. The molecule has 0 saturated heterocycles. The molecule has 1 aliphatic heterocycles. The number of fused-ring (bicyclic) bond motifs is 1. The van der Waals surface area contributed by atoms with Crippen molar-refractivity contribution in [1.82, 2.24) is 14.5 Å². The number of aromatic nitrogens is 2. The van der Waals surface area contributed by atoms with Crippen LogP contribution in [0.1, 0.15) is 29.3 Å². The van der Waals surface area contributed by atoms with Gasteiger partial charge >= 0.3 is 0 Å². The van der Waals surface area contributed by atoms with E-state index in [-0.39, 0.29) is 5.56 Å². The molecule has 2 heterocycles. The summed E-state index contributed by atoms with van der Waals surface area (Å²) in [6.45, 7) is 7.80. The molecule has 0 unspecified atom stereocenters. The first kappa shape index (κ1) is 20.2. The molecule has 0 aliphatic carbocycles. The maximum atomic E-state index is 13.0. The summed E-state index contributed by atoms with van der Waals surface area (Å²) in [6.07, 6.45) is 0.997. The van der Waals surface area contributed by atoms with E-state index in [4.69, 9.17) is 9.72 Å². The maximum Gasteiger partial charge on any atom is 0.259 e. The molecular weight excluding hydrogens is 376 g/mol. The van der Waals surface area contributed by atoms with Gasteiger partial charge in [-0.25, -0.2) is 4.98 Å². The van der Waals surface area contributed by atoms with Gasteiger partial charge in [0.25, 0.3) is 5.56 Å². The van der Waals surface area contributed by atoms with Gasteiger partial charge in [0.2, 0.25) is 5.95 Å². The minimum atomic E-state index is 0.0205. The maximum absolute atomic E-state index is 13.0. The van der Waals surface area contributed by atoms with Crippen molar-refractivity contribution < 1.29 is 4.74 Å². The van der Waals surface area contributed by atoms with Gasteiger partial charge < -0.3 is 4.74 Å². The molecule has 1 aliphatic rings. The average Bonchev–Trinajstić information content (AvgIpc) is 2.78. The molecule has 6 heteroatoms. The van der Waals surface area contributed by atoms with Crippen LogP contribution >= 0.6 is 0 Å². The van der Waals surface area contributed by atoms with Gasteiger partial charge in [-0.05, 0) is 55.7 Å². The third-order valence-electron chi connectivity index (χ3n) is 5.76. The number of nitrogens with zero attached hydrogens (tertiary/aromatic N) is 4. The van der Waals surface area contributed by atoms with Crippen molar-refractivity contribution in [2.24, 2.45) is 0 Å². The molecule has 0 atom stereocenters. The molecule has 3 aromatic rings. The quantitative estimate of drug-likeness (QED) is 0.643. The van der Waals surface area contributed by atoms with Gasteiger partial charge in [-0.15, -0.1) is 0 Å². The van der Waals surface area contributed by atoms with Gasteiger partial charge in [0.15, 0.2) is 0 Å². The van der Waals surface area contributed by atoms with E-state index < -0.39 is 0 Å². The van der Waals surface area contributed by atoms with E-state index in [1.54, 1.807) is 11.7 Å². The Balaban J connectivity index is 1.71. The molecule has 4 rings (SSSR count). The second-order valence-corrected chi connectivity index (χ2v) is 7.76. The van der Waals surface area contributed by atoms with Crippen LogP contribution in [0.15, 0.2) is 53.3 Å². The molecule has 0 spiro atoms. The third kappa shape index (κ3) is 3.83. The molecule has 0 amide bonds. The summed E-state index contributed by atoms with van der Waals surface area (Å²) in [6, 6.07) is 16.6. The van der Waals surface area contributed by atoms with Gasteiger partial charge in [-0.2, -0.15) is 0 Å². The van der Waals surface area contributed by atoms with E-state index in [1.165, 1.54) is 11.1 Å². The van der Waals surface area contributed by atoms with Crippen molar-refractivity contribution >= 4 is 11.6 Å². The Morgan fingerprint density at radius 1 is 0.967 bits per heavy atom. The van der Waals surface area contributed by atoms with Crippen molar-refractivity contribution in [3.8, 4) is 5.75 Å². The molecule has 0 N–H and O–H groups in total. The van der Waals surface area contributed by atoms with Gasteiger partial charge in [0.05, 0.1) is 20.4 Å². The largest absolute Gasteiger partial charge is 0.497 e. The Bertz CT molecular complexity index is 1090. The highest BCUT2D eigenvalue weighted by Gasteiger charge is 2.27. The summed E-state index contributed by atoms with van der Waals surface area (Å²) in [4.78, 5) is 22.2. The molecule has 0 saturated carbocycles. The van der Waals surface area contributed by atoms with Gasteiger partial charge in [-0.1, -0.05) is 31.2 Å². The summed E-state index contributed by atoms with van der Waals surface area (Å²) >= 11 is 0. The lowest BCUT2D eigenvalue weighted by atomic mass is 10.1. The molecule has 0 radical (unpaired) electrons. The van der Waals surface area contributed by atoms with E-state index >= 15 is 0 Å². The lowest BCUT2D eigenvalue weighted by Gasteiger charge is -2.38. The highest BCUT2D eigenvalue weighted by atomic mass is 16.5. The van der Waals surface area contributed by atoms with Crippen LogP contribution in [0.5, 0.6) is 5.75 Å². The number of anilines is 2. The average molecular weight is 405 g/mol. The van der Waals surface area contributed by atoms with Crippen LogP contribution in [0.2, 0.25) is 0 Å². The second-order valence-electron chi connectivity index (χ2n) is 7.76. The first-order valence-corrected chi connectivity index (χ1v) is 10.3. The van der Waals surface area contributed by atoms with E-state index in [9.17, 15) is 4.79 Å². The molecule has 156 valence electrons. The smallest absolute Gasteiger partial charge is 0.259 e. The monoisotopic (exact) mass is 404 g/mol. The fraction of sp³-hybridized carbons (Fsp3) is 0.333. The lowest BCUT2D eigenvalue weighted by molar-refractivity contribution is 0.190. The topological polar surface area (TPSA) is 50.6 Å². The van der Waals surface area contributed by atoms with Crippen molar-refractivity contribution in [2.75, 3.05) is 18.7 Å². The van der Waals surface area contributed by atoms with Crippen LogP contribution in [-0.4, -0.2) is 28.2 Å². The number of benzene rings is 2. The minimum absolute atomic E-state index is 0.0205. The Morgan fingerprint density at radius 3 is 2.27 bits per heavy atom. The van der Waals surface area contributed by atoms with E-state index in [0.29, 0.717) is 24.8 Å². The minimum Gasteiger partial charge on any atom is -0.497 e. The van der Waals surface area contributed by atoms with Crippen LogP contribution in [0.25, 0.3) is 0 Å². The van der Waals surface area contributed by atoms with E-state index in [0.717, 1.165) is 30.1 Å². The predicted octanol–water partition coefficient (Wildman–Crippen LogP) is 4.00. The summed E-state index contributed by atoms with van der Waals surface area (Å²) in [5.74, 6) is 1.55. The van der Waals surface area contributed by atoms with Crippen LogP contribution in [0.3, 0.4) is 0 Å². The zero-order chi connectivity index (χ0) is 21.3. The highest BCUT2D eigenvalue weighted by molar-refractivity contribution is 5.59. The first-order valence-electron chi connectivity index (χ1n) is 10.3. The van der Waals surface area contributed by atoms with Crippen molar-refractivity contribution in [2.45, 2.75) is 40.4 Å². The van der Waals surface area contributed by atoms with Gasteiger partial charge in [0, 0.05) is 23.5 Å². The second kappa shape index (κ2) is 8.32. The van der Waals surface area contributed by atoms with Crippen molar-refractivity contribution in [3.63, 3.8) is 0 Å². The molecule has 0 fully saturated rings. The Labute approximate surface area is 177 Å². The zero-order valence-corrected chi connectivity index (χ0v) is 18.1. The molecule has 1 aromatic heterocycles. The zero-order valence-electron chi connectivity index (χ0n) is 18.1. The van der Waals surface area contributed by atoms with Gasteiger partial charge in [0.1, 0.15) is 5.75 Å². The number of hydrogen-bond acceptors (Lipinski definition) is 5. The third-order valence-corrected chi connectivity index (χ3v) is 5.76. The number of rotatable bonds is 5. The predicted molar refractivity (Wildman–Crippen MR) is 119 cm³/mol. The molecule has 30 heavy (non-hydrogen) atoms. The van der Waals surface area contributed by atoms with Crippen molar-refractivity contribution in [1.29, 1.82) is 0 Å².